The summed E-state index contributed by atoms with van der Waals surface area (Å²) in [7, 11) is 0. The van der Waals surface area contributed by atoms with Crippen molar-refractivity contribution in [2.24, 2.45) is 5.41 Å². The Labute approximate surface area is 187 Å². The number of aryl methyl sites for hydroxylation is 1. The average molecular weight is 439 g/mol. The molecule has 0 bridgehead atoms. The number of carbonyl (C=O) groups is 1. The highest BCUT2D eigenvalue weighted by atomic mass is 35.5. The summed E-state index contributed by atoms with van der Waals surface area (Å²) in [5, 5.41) is 4.71. The molecule has 0 unspecified atom stereocenters. The number of halogens is 1. The van der Waals surface area contributed by atoms with Crippen molar-refractivity contribution in [1.29, 1.82) is 0 Å². The predicted molar refractivity (Wildman–Crippen MR) is 121 cm³/mol. The Morgan fingerprint density at radius 3 is 2.42 bits per heavy atom. The maximum atomic E-state index is 12.7. The molecule has 1 fully saturated rings. The molecule has 1 aliphatic heterocycles. The fourth-order valence-corrected chi connectivity index (χ4v) is 4.08. The van der Waals surface area contributed by atoms with E-state index in [1.807, 2.05) is 69.1 Å². The Bertz CT molecular complexity index is 1080. The number of piperidine rings is 1. The Kier molecular flexibility index (Phi) is 5.84. The van der Waals surface area contributed by atoms with Crippen molar-refractivity contribution in [1.82, 2.24) is 20.0 Å². The van der Waals surface area contributed by atoms with Gasteiger partial charge in [0.15, 0.2) is 11.6 Å². The van der Waals surface area contributed by atoms with Crippen LogP contribution >= 0.6 is 11.6 Å². The number of rotatable bonds is 3. The third-order valence-electron chi connectivity index (χ3n) is 5.62. The van der Waals surface area contributed by atoms with Crippen LogP contribution in [0.3, 0.4) is 0 Å². The van der Waals surface area contributed by atoms with Gasteiger partial charge in [0.25, 0.3) is 0 Å². The quantitative estimate of drug-likeness (QED) is 0.538. The van der Waals surface area contributed by atoms with Gasteiger partial charge < -0.3 is 9.42 Å². The molecule has 0 spiro atoms. The lowest BCUT2D eigenvalue weighted by Gasteiger charge is -2.36. The first-order chi connectivity index (χ1) is 14.7. The zero-order valence-corrected chi connectivity index (χ0v) is 19.1. The Morgan fingerprint density at radius 2 is 1.84 bits per heavy atom. The second-order valence-corrected chi connectivity index (χ2v) is 9.58. The van der Waals surface area contributed by atoms with E-state index in [4.69, 9.17) is 21.1 Å². The van der Waals surface area contributed by atoms with Gasteiger partial charge in [0, 0.05) is 47.3 Å². The van der Waals surface area contributed by atoms with Crippen LogP contribution in [0.4, 0.5) is 0 Å². The minimum atomic E-state index is -0.369. The molecule has 0 aliphatic carbocycles. The van der Waals surface area contributed by atoms with E-state index in [1.165, 1.54) is 0 Å². The van der Waals surface area contributed by atoms with E-state index in [0.717, 1.165) is 48.4 Å². The number of hydrogen-bond donors (Lipinski definition) is 0. The Balaban J connectivity index is 1.66. The van der Waals surface area contributed by atoms with Gasteiger partial charge in [0.2, 0.25) is 5.91 Å². The molecule has 0 atom stereocenters. The SMILES string of the molecule is Cc1cc(-c2cnc(-c3ccc(Cl)cc3)nc2C2CCN(C(=O)C(C)(C)C)CC2)on1. The van der Waals surface area contributed by atoms with E-state index in [2.05, 4.69) is 10.1 Å². The summed E-state index contributed by atoms with van der Waals surface area (Å²) in [4.78, 5) is 24.2. The van der Waals surface area contributed by atoms with Gasteiger partial charge in [-0.15, -0.1) is 0 Å². The minimum absolute atomic E-state index is 0.196. The molecule has 31 heavy (non-hydrogen) atoms. The van der Waals surface area contributed by atoms with Gasteiger partial charge in [-0.25, -0.2) is 9.97 Å². The molecule has 7 heteroatoms. The van der Waals surface area contributed by atoms with Crippen LogP contribution in [-0.4, -0.2) is 39.0 Å². The van der Waals surface area contributed by atoms with Crippen LogP contribution in [0.15, 0.2) is 41.1 Å². The zero-order chi connectivity index (χ0) is 22.2. The first-order valence-corrected chi connectivity index (χ1v) is 11.0. The normalized spacial score (nSPS) is 15.3. The lowest BCUT2D eigenvalue weighted by atomic mass is 9.88. The van der Waals surface area contributed by atoms with Crippen LogP contribution in [0.1, 0.15) is 50.9 Å². The van der Waals surface area contributed by atoms with Crippen molar-refractivity contribution in [2.75, 3.05) is 13.1 Å². The van der Waals surface area contributed by atoms with E-state index in [-0.39, 0.29) is 17.2 Å². The molecule has 1 aliphatic rings. The summed E-state index contributed by atoms with van der Waals surface area (Å²) in [6, 6.07) is 9.42. The molecule has 1 aromatic carbocycles. The second kappa shape index (κ2) is 8.42. The lowest BCUT2D eigenvalue weighted by Crippen LogP contribution is -2.43. The van der Waals surface area contributed by atoms with Gasteiger partial charge in [-0.05, 0) is 44.0 Å². The molecule has 1 saturated heterocycles. The molecule has 2 aromatic heterocycles. The number of amides is 1. The van der Waals surface area contributed by atoms with Crippen molar-refractivity contribution in [2.45, 2.75) is 46.5 Å². The van der Waals surface area contributed by atoms with Crippen LogP contribution in [0.5, 0.6) is 0 Å². The number of benzene rings is 1. The number of aromatic nitrogens is 3. The van der Waals surface area contributed by atoms with Crippen molar-refractivity contribution >= 4 is 17.5 Å². The highest BCUT2D eigenvalue weighted by Crippen LogP contribution is 2.36. The van der Waals surface area contributed by atoms with Crippen molar-refractivity contribution in [3.8, 4) is 22.7 Å². The van der Waals surface area contributed by atoms with E-state index < -0.39 is 0 Å². The smallest absolute Gasteiger partial charge is 0.227 e. The number of hydrogen-bond acceptors (Lipinski definition) is 5. The van der Waals surface area contributed by atoms with E-state index in [1.54, 1.807) is 0 Å². The molecule has 0 saturated carbocycles. The van der Waals surface area contributed by atoms with Crippen LogP contribution in [0, 0.1) is 12.3 Å². The average Bonchev–Trinajstić information content (AvgIpc) is 3.19. The molecule has 1 amide bonds. The summed E-state index contributed by atoms with van der Waals surface area (Å²) >= 11 is 6.04. The first kappa shape index (κ1) is 21.5. The number of likely N-dealkylation sites (tertiary alicyclic amines) is 1. The molecule has 0 N–H and O–H groups in total. The highest BCUT2D eigenvalue weighted by molar-refractivity contribution is 6.30. The molecule has 6 nitrogen and oxygen atoms in total. The van der Waals surface area contributed by atoms with Crippen LogP contribution in [0.2, 0.25) is 5.02 Å². The highest BCUT2D eigenvalue weighted by Gasteiger charge is 2.32. The van der Waals surface area contributed by atoms with Crippen LogP contribution < -0.4 is 0 Å². The summed E-state index contributed by atoms with van der Waals surface area (Å²) < 4.78 is 5.54. The van der Waals surface area contributed by atoms with Crippen molar-refractivity contribution in [3.05, 3.63) is 52.9 Å². The topological polar surface area (TPSA) is 72.1 Å². The summed E-state index contributed by atoms with van der Waals surface area (Å²) in [5.41, 5.74) is 3.16. The Hall–Kier alpha value is -2.73. The van der Waals surface area contributed by atoms with Crippen molar-refractivity contribution < 1.29 is 9.32 Å². The maximum Gasteiger partial charge on any atom is 0.227 e. The number of carbonyl (C=O) groups excluding carboxylic acids is 1. The lowest BCUT2D eigenvalue weighted by molar-refractivity contribution is -0.140. The summed E-state index contributed by atoms with van der Waals surface area (Å²) in [6.07, 6.45) is 3.51. The first-order valence-electron chi connectivity index (χ1n) is 10.6. The van der Waals surface area contributed by atoms with E-state index in [9.17, 15) is 4.79 Å². The van der Waals surface area contributed by atoms with Gasteiger partial charge in [-0.3, -0.25) is 4.79 Å². The Morgan fingerprint density at radius 1 is 1.16 bits per heavy atom. The molecular weight excluding hydrogens is 412 g/mol. The molecule has 3 aromatic rings. The van der Waals surface area contributed by atoms with Gasteiger partial charge in [0.05, 0.1) is 17.0 Å². The second-order valence-electron chi connectivity index (χ2n) is 9.15. The van der Waals surface area contributed by atoms with Gasteiger partial charge in [-0.1, -0.05) is 37.5 Å². The van der Waals surface area contributed by atoms with Crippen molar-refractivity contribution in [3.63, 3.8) is 0 Å². The third kappa shape index (κ3) is 4.64. The largest absolute Gasteiger partial charge is 0.356 e. The summed E-state index contributed by atoms with van der Waals surface area (Å²) in [5.74, 6) is 1.73. The summed E-state index contributed by atoms with van der Waals surface area (Å²) in [6.45, 7) is 9.23. The van der Waals surface area contributed by atoms with Gasteiger partial charge >= 0.3 is 0 Å². The predicted octanol–water partition coefficient (Wildman–Crippen LogP) is 5.51. The fourth-order valence-electron chi connectivity index (χ4n) is 3.95. The molecule has 3 heterocycles. The standard InChI is InChI=1S/C24H27ClN4O2/c1-15-13-20(31-28-15)19-14-26-22(17-5-7-18(25)8-6-17)27-21(19)16-9-11-29(12-10-16)23(30)24(2,3)4/h5-8,13-14,16H,9-12H2,1-4H3. The third-order valence-corrected chi connectivity index (χ3v) is 5.88. The molecule has 162 valence electrons. The molecular formula is C24H27ClN4O2. The molecule has 0 radical (unpaired) electrons. The zero-order valence-electron chi connectivity index (χ0n) is 18.4. The molecule has 4 rings (SSSR count). The van der Waals surface area contributed by atoms with Gasteiger partial charge in [-0.2, -0.15) is 0 Å². The van der Waals surface area contributed by atoms with Crippen LogP contribution in [0.25, 0.3) is 22.7 Å². The van der Waals surface area contributed by atoms with E-state index >= 15 is 0 Å². The minimum Gasteiger partial charge on any atom is -0.356 e. The van der Waals surface area contributed by atoms with Gasteiger partial charge in [0.1, 0.15) is 0 Å². The maximum absolute atomic E-state index is 12.7. The van der Waals surface area contributed by atoms with E-state index in [0.29, 0.717) is 16.6 Å². The monoisotopic (exact) mass is 438 g/mol. The van der Waals surface area contributed by atoms with Crippen LogP contribution in [-0.2, 0) is 4.79 Å². The number of nitrogens with zero attached hydrogens (tertiary/aromatic N) is 4. The fraction of sp³-hybridized carbons (Fsp3) is 0.417.